The molecule has 0 aliphatic carbocycles. The predicted molar refractivity (Wildman–Crippen MR) is 151 cm³/mol. The monoisotopic (exact) mass is 510 g/mol. The molecule has 194 valence electrons. The van der Waals surface area contributed by atoms with Crippen LogP contribution < -0.4 is 4.74 Å². The first-order valence-electron chi connectivity index (χ1n) is 12.8. The van der Waals surface area contributed by atoms with Crippen LogP contribution in [0.25, 0.3) is 26.8 Å². The summed E-state index contributed by atoms with van der Waals surface area (Å²) in [5, 5.41) is 10.3. The van der Waals surface area contributed by atoms with E-state index in [1.165, 1.54) is 11.6 Å². The van der Waals surface area contributed by atoms with Gasteiger partial charge in [-0.3, -0.25) is 4.39 Å². The Hall–Kier alpha value is -2.66. The zero-order valence-corrected chi connectivity index (χ0v) is 23.4. The lowest BCUT2D eigenvalue weighted by atomic mass is 9.74. The van der Waals surface area contributed by atoms with Gasteiger partial charge in [-0.05, 0) is 65.5 Å². The molecule has 3 rings (SSSR count). The fourth-order valence-electron chi connectivity index (χ4n) is 4.25. The molecule has 3 nitrogen and oxygen atoms in total. The lowest BCUT2D eigenvalue weighted by molar-refractivity contribution is -0.131. The van der Waals surface area contributed by atoms with Gasteiger partial charge in [-0.1, -0.05) is 59.7 Å². The fraction of sp³-hybridized carbons (Fsp3) is 0.452. The minimum absolute atomic E-state index is 0.0285. The highest BCUT2D eigenvalue weighted by atomic mass is 32.1. The molecule has 1 aromatic heterocycles. The summed E-state index contributed by atoms with van der Waals surface area (Å²) in [4.78, 5) is 12.2. The number of hydrogen-bond acceptors (Lipinski definition) is 3. The van der Waals surface area contributed by atoms with Crippen LogP contribution in [0.2, 0.25) is 0 Å². The number of allylic oxidation sites excluding steroid dienone is 1. The van der Waals surface area contributed by atoms with Crippen molar-refractivity contribution in [3.63, 3.8) is 0 Å². The van der Waals surface area contributed by atoms with Gasteiger partial charge in [0.15, 0.2) is 0 Å². The summed E-state index contributed by atoms with van der Waals surface area (Å²) in [6.45, 7) is 15.1. The number of thiophene rings is 1. The molecular weight excluding hydrogens is 471 g/mol. The number of aliphatic carboxylic acids is 1. The van der Waals surface area contributed by atoms with Crippen LogP contribution in [-0.4, -0.2) is 24.4 Å². The Kier molecular flexibility index (Phi) is 8.66. The van der Waals surface area contributed by atoms with Gasteiger partial charge in [0.25, 0.3) is 0 Å². The lowest BCUT2D eigenvalue weighted by Gasteiger charge is -2.32. The van der Waals surface area contributed by atoms with E-state index >= 15 is 0 Å². The Morgan fingerprint density at radius 2 is 1.75 bits per heavy atom. The maximum absolute atomic E-state index is 13.0. The molecule has 0 saturated carbocycles. The fourth-order valence-corrected chi connectivity index (χ4v) is 5.31. The standard InChI is InChI=1S/C31H39FO3S/c1-8-30(4,5)21-17-24(29(35-15-11-14-32)25(18-21)31(6,7)9-2)22-12-10-13-26-23(22)19-27(36-26)20(3)16-28(33)34/h10,12-13,16-19H,8-9,11,14-15H2,1-7H3,(H,33,34). The third-order valence-corrected chi connectivity index (χ3v) is 8.71. The SMILES string of the molecule is CCC(C)(C)c1cc(-c2cccc3sc(C(C)=CC(=O)O)cc23)c(OCCCF)c(C(C)(C)CC)c1. The summed E-state index contributed by atoms with van der Waals surface area (Å²) in [7, 11) is 0. The molecule has 0 fully saturated rings. The van der Waals surface area contributed by atoms with E-state index in [4.69, 9.17) is 4.74 Å². The van der Waals surface area contributed by atoms with Crippen LogP contribution in [0.5, 0.6) is 5.75 Å². The molecule has 0 amide bonds. The number of alkyl halides is 1. The van der Waals surface area contributed by atoms with E-state index in [2.05, 4.69) is 71.9 Å². The third kappa shape index (κ3) is 5.83. The zero-order chi connectivity index (χ0) is 26.7. The molecule has 0 bridgehead atoms. The predicted octanol–water partition coefficient (Wildman–Crippen LogP) is 9.17. The molecule has 36 heavy (non-hydrogen) atoms. The Labute approximate surface area is 219 Å². The number of ether oxygens (including phenoxy) is 1. The highest BCUT2D eigenvalue weighted by Crippen LogP contribution is 2.47. The maximum Gasteiger partial charge on any atom is 0.328 e. The van der Waals surface area contributed by atoms with E-state index in [1.807, 2.05) is 13.0 Å². The first-order chi connectivity index (χ1) is 16.9. The van der Waals surface area contributed by atoms with Crippen molar-refractivity contribution >= 4 is 33.0 Å². The molecule has 0 saturated heterocycles. The summed E-state index contributed by atoms with van der Waals surface area (Å²) < 4.78 is 20.5. The van der Waals surface area contributed by atoms with Crippen LogP contribution in [0.3, 0.4) is 0 Å². The summed E-state index contributed by atoms with van der Waals surface area (Å²) in [6, 6.07) is 12.8. The number of carboxylic acids is 1. The first-order valence-corrected chi connectivity index (χ1v) is 13.6. The minimum Gasteiger partial charge on any atom is -0.493 e. The number of carbonyl (C=O) groups is 1. The van der Waals surface area contributed by atoms with Crippen molar-refractivity contribution in [3.8, 4) is 16.9 Å². The van der Waals surface area contributed by atoms with Gasteiger partial charge < -0.3 is 9.84 Å². The third-order valence-electron chi connectivity index (χ3n) is 7.47. The second-order valence-electron chi connectivity index (χ2n) is 10.8. The van der Waals surface area contributed by atoms with Gasteiger partial charge in [0.1, 0.15) is 5.75 Å². The highest BCUT2D eigenvalue weighted by Gasteiger charge is 2.30. The van der Waals surface area contributed by atoms with Gasteiger partial charge in [-0.25, -0.2) is 4.79 Å². The van der Waals surface area contributed by atoms with Crippen molar-refractivity contribution < 1.29 is 19.0 Å². The van der Waals surface area contributed by atoms with Crippen molar-refractivity contribution in [2.75, 3.05) is 13.3 Å². The summed E-state index contributed by atoms with van der Waals surface area (Å²) in [6.07, 6.45) is 3.53. The highest BCUT2D eigenvalue weighted by molar-refractivity contribution is 7.20. The van der Waals surface area contributed by atoms with Crippen molar-refractivity contribution in [3.05, 3.63) is 58.5 Å². The van der Waals surface area contributed by atoms with Crippen molar-refractivity contribution in [1.82, 2.24) is 0 Å². The molecule has 0 atom stereocenters. The average Bonchev–Trinajstić information content (AvgIpc) is 3.28. The van der Waals surface area contributed by atoms with Gasteiger partial charge in [0.05, 0.1) is 13.3 Å². The second kappa shape index (κ2) is 11.2. The molecule has 5 heteroatoms. The van der Waals surface area contributed by atoms with E-state index in [9.17, 15) is 14.3 Å². The number of rotatable bonds is 11. The Morgan fingerprint density at radius 1 is 1.06 bits per heavy atom. The molecule has 1 heterocycles. The van der Waals surface area contributed by atoms with Crippen LogP contribution in [-0.2, 0) is 15.6 Å². The van der Waals surface area contributed by atoms with Crippen LogP contribution in [0.15, 0.2) is 42.5 Å². The quantitative estimate of drug-likeness (QED) is 0.207. The van der Waals surface area contributed by atoms with Crippen LogP contribution in [0.1, 0.15) is 83.7 Å². The van der Waals surface area contributed by atoms with E-state index in [0.29, 0.717) is 13.0 Å². The summed E-state index contributed by atoms with van der Waals surface area (Å²) in [5.41, 5.74) is 5.03. The van der Waals surface area contributed by atoms with Gasteiger partial charge in [-0.2, -0.15) is 0 Å². The smallest absolute Gasteiger partial charge is 0.328 e. The van der Waals surface area contributed by atoms with E-state index < -0.39 is 12.6 Å². The molecule has 0 radical (unpaired) electrons. The van der Waals surface area contributed by atoms with E-state index in [1.54, 1.807) is 11.3 Å². The van der Waals surface area contributed by atoms with Crippen molar-refractivity contribution in [2.45, 2.75) is 78.6 Å². The lowest BCUT2D eigenvalue weighted by Crippen LogP contribution is -2.22. The number of halogens is 1. The van der Waals surface area contributed by atoms with E-state index in [0.717, 1.165) is 55.8 Å². The van der Waals surface area contributed by atoms with E-state index in [-0.39, 0.29) is 10.8 Å². The van der Waals surface area contributed by atoms with Gasteiger partial charge in [-0.15, -0.1) is 11.3 Å². The molecule has 0 aliphatic heterocycles. The van der Waals surface area contributed by atoms with Gasteiger partial charge >= 0.3 is 5.97 Å². The molecule has 0 unspecified atom stereocenters. The molecule has 0 aliphatic rings. The first kappa shape index (κ1) is 27.9. The molecule has 1 N–H and O–H groups in total. The van der Waals surface area contributed by atoms with Crippen LogP contribution in [0, 0.1) is 0 Å². The van der Waals surface area contributed by atoms with Crippen LogP contribution in [0.4, 0.5) is 4.39 Å². The number of hydrogen-bond donors (Lipinski definition) is 1. The number of benzene rings is 2. The number of fused-ring (bicyclic) bond motifs is 1. The molecular formula is C31H39FO3S. The van der Waals surface area contributed by atoms with Crippen LogP contribution >= 0.6 is 11.3 Å². The summed E-state index contributed by atoms with van der Waals surface area (Å²) in [5.74, 6) is -0.126. The largest absolute Gasteiger partial charge is 0.493 e. The topological polar surface area (TPSA) is 46.5 Å². The second-order valence-corrected chi connectivity index (χ2v) is 11.8. The Balaban J connectivity index is 2.38. The molecule has 0 spiro atoms. The Bertz CT molecular complexity index is 1270. The Morgan fingerprint density at radius 3 is 2.36 bits per heavy atom. The number of carboxylic acid groups (broad SMARTS) is 1. The minimum atomic E-state index is -0.949. The summed E-state index contributed by atoms with van der Waals surface area (Å²) >= 11 is 1.59. The van der Waals surface area contributed by atoms with Gasteiger partial charge in [0, 0.05) is 38.6 Å². The van der Waals surface area contributed by atoms with Crippen molar-refractivity contribution in [1.29, 1.82) is 0 Å². The average molecular weight is 511 g/mol. The normalized spacial score (nSPS) is 12.8. The maximum atomic E-state index is 13.0. The molecule has 3 aromatic rings. The van der Waals surface area contributed by atoms with Crippen molar-refractivity contribution in [2.24, 2.45) is 0 Å². The van der Waals surface area contributed by atoms with Gasteiger partial charge in [0.2, 0.25) is 0 Å². The zero-order valence-electron chi connectivity index (χ0n) is 22.6. The molecule has 2 aromatic carbocycles.